The Morgan fingerprint density at radius 3 is 2.54 bits per heavy atom. The van der Waals surface area contributed by atoms with Gasteiger partial charge in [0, 0.05) is 62.0 Å². The lowest BCUT2D eigenvalue weighted by molar-refractivity contribution is 0.201. The number of rotatable bonds is 5. The third kappa shape index (κ3) is 3.39. The van der Waals surface area contributed by atoms with Crippen LogP contribution in [0.5, 0.6) is 11.5 Å². The number of piperazine rings is 1. The molecule has 0 saturated carbocycles. The van der Waals surface area contributed by atoms with Gasteiger partial charge in [-0.1, -0.05) is 6.92 Å². The Balaban J connectivity index is 1.97. The van der Waals surface area contributed by atoms with Crippen LogP contribution >= 0.6 is 0 Å². The zero-order valence-corrected chi connectivity index (χ0v) is 15.5. The van der Waals surface area contributed by atoms with Gasteiger partial charge in [-0.2, -0.15) is 0 Å². The van der Waals surface area contributed by atoms with E-state index in [-0.39, 0.29) is 0 Å². The minimum absolute atomic E-state index is 0.575. The van der Waals surface area contributed by atoms with E-state index in [0.717, 1.165) is 63.6 Å². The van der Waals surface area contributed by atoms with E-state index in [1.165, 1.54) is 16.7 Å². The summed E-state index contributed by atoms with van der Waals surface area (Å²) in [6.45, 7) is 8.43. The molecule has 1 unspecified atom stereocenters. The largest absolute Gasteiger partial charge is 0.496 e. The summed E-state index contributed by atoms with van der Waals surface area (Å²) in [5.74, 6) is 2.09. The lowest BCUT2D eigenvalue weighted by Gasteiger charge is -2.36. The Labute approximate surface area is 145 Å². The molecule has 1 aromatic carbocycles. The fourth-order valence-corrected chi connectivity index (χ4v) is 4.07. The first kappa shape index (κ1) is 17.5. The van der Waals surface area contributed by atoms with Gasteiger partial charge in [-0.15, -0.1) is 0 Å². The highest BCUT2D eigenvalue weighted by atomic mass is 16.5. The van der Waals surface area contributed by atoms with Crippen LogP contribution in [0, 0.1) is 0 Å². The number of likely N-dealkylation sites (N-methyl/N-ethyl adjacent to an activating group) is 1. The Hall–Kier alpha value is -1.30. The Bertz CT molecular complexity index is 570. The summed E-state index contributed by atoms with van der Waals surface area (Å²) in [6.07, 6.45) is 2.20. The van der Waals surface area contributed by atoms with Crippen molar-refractivity contribution in [2.45, 2.75) is 38.9 Å². The molecule has 1 N–H and O–H groups in total. The molecule has 2 heterocycles. The lowest BCUT2D eigenvalue weighted by Crippen LogP contribution is -2.43. The van der Waals surface area contributed by atoms with Crippen LogP contribution in [0.25, 0.3) is 0 Å². The van der Waals surface area contributed by atoms with E-state index in [1.54, 1.807) is 7.11 Å². The van der Waals surface area contributed by atoms with Crippen molar-refractivity contribution in [2.24, 2.45) is 0 Å². The van der Waals surface area contributed by atoms with Crippen LogP contribution in [0.1, 0.15) is 30.0 Å². The van der Waals surface area contributed by atoms with Crippen molar-refractivity contribution < 1.29 is 9.47 Å². The standard InChI is InChI=1S/C19H31N3O2/c1-5-15-11-16-17(13-21(15)2)18(23-3)10-14(19(16)24-4)12-22-8-6-20-7-9-22/h10,15,20H,5-9,11-13H2,1-4H3. The van der Waals surface area contributed by atoms with Gasteiger partial charge in [0.15, 0.2) is 0 Å². The first-order chi connectivity index (χ1) is 11.7. The second-order valence-electron chi connectivity index (χ2n) is 6.94. The van der Waals surface area contributed by atoms with E-state index in [4.69, 9.17) is 9.47 Å². The maximum Gasteiger partial charge on any atom is 0.127 e. The van der Waals surface area contributed by atoms with Gasteiger partial charge in [0.05, 0.1) is 14.2 Å². The van der Waals surface area contributed by atoms with Crippen molar-refractivity contribution in [3.63, 3.8) is 0 Å². The van der Waals surface area contributed by atoms with E-state index in [9.17, 15) is 0 Å². The highest BCUT2D eigenvalue weighted by Gasteiger charge is 2.29. The summed E-state index contributed by atoms with van der Waals surface area (Å²) in [6, 6.07) is 2.77. The summed E-state index contributed by atoms with van der Waals surface area (Å²) in [4.78, 5) is 4.92. The van der Waals surface area contributed by atoms with Crippen molar-refractivity contribution in [2.75, 3.05) is 47.4 Å². The molecule has 0 aliphatic carbocycles. The van der Waals surface area contributed by atoms with E-state index in [0.29, 0.717) is 6.04 Å². The first-order valence-electron chi connectivity index (χ1n) is 9.06. The molecule has 5 nitrogen and oxygen atoms in total. The number of hydrogen-bond donors (Lipinski definition) is 1. The van der Waals surface area contributed by atoms with Crippen LogP contribution in [0.15, 0.2) is 6.07 Å². The average molecular weight is 333 g/mol. The van der Waals surface area contributed by atoms with E-state index in [1.807, 2.05) is 7.11 Å². The monoisotopic (exact) mass is 333 g/mol. The van der Waals surface area contributed by atoms with E-state index >= 15 is 0 Å². The molecule has 0 aromatic heterocycles. The van der Waals surface area contributed by atoms with Gasteiger partial charge in [-0.25, -0.2) is 0 Å². The zero-order valence-electron chi connectivity index (χ0n) is 15.5. The lowest BCUT2D eigenvalue weighted by atomic mass is 9.89. The molecule has 2 aliphatic heterocycles. The second kappa shape index (κ2) is 7.72. The molecule has 24 heavy (non-hydrogen) atoms. The molecule has 0 spiro atoms. The molecule has 0 amide bonds. The smallest absolute Gasteiger partial charge is 0.127 e. The first-order valence-corrected chi connectivity index (χ1v) is 9.06. The van der Waals surface area contributed by atoms with E-state index < -0.39 is 0 Å². The van der Waals surface area contributed by atoms with E-state index in [2.05, 4.69) is 35.2 Å². The fourth-order valence-electron chi connectivity index (χ4n) is 4.07. The summed E-state index contributed by atoms with van der Waals surface area (Å²) in [5.41, 5.74) is 3.91. The molecular weight excluding hydrogens is 302 g/mol. The van der Waals surface area contributed by atoms with Gasteiger partial charge in [0.1, 0.15) is 11.5 Å². The molecule has 2 aliphatic rings. The zero-order chi connectivity index (χ0) is 17.1. The number of benzene rings is 1. The molecule has 1 aromatic rings. The number of nitrogens with zero attached hydrogens (tertiary/aromatic N) is 2. The third-order valence-corrected chi connectivity index (χ3v) is 5.50. The summed E-state index contributed by atoms with van der Waals surface area (Å²) < 4.78 is 11.6. The van der Waals surface area contributed by atoms with Crippen molar-refractivity contribution >= 4 is 0 Å². The molecule has 1 atom stereocenters. The molecular formula is C19H31N3O2. The van der Waals surface area contributed by atoms with Crippen molar-refractivity contribution in [1.29, 1.82) is 0 Å². The van der Waals surface area contributed by atoms with Crippen molar-refractivity contribution in [1.82, 2.24) is 15.1 Å². The fraction of sp³-hybridized carbons (Fsp3) is 0.684. The van der Waals surface area contributed by atoms with Crippen LogP contribution in [0.3, 0.4) is 0 Å². The predicted octanol–water partition coefficient (Wildman–Crippen LogP) is 1.88. The summed E-state index contributed by atoms with van der Waals surface area (Å²) >= 11 is 0. The number of methoxy groups -OCH3 is 2. The van der Waals surface area contributed by atoms with Gasteiger partial charge in [0.2, 0.25) is 0 Å². The molecule has 3 rings (SSSR count). The Morgan fingerprint density at radius 1 is 1.17 bits per heavy atom. The molecule has 1 fully saturated rings. The highest BCUT2D eigenvalue weighted by Crippen LogP contribution is 2.40. The van der Waals surface area contributed by atoms with Crippen LogP contribution in [0.2, 0.25) is 0 Å². The van der Waals surface area contributed by atoms with Gasteiger partial charge in [0.25, 0.3) is 0 Å². The number of nitrogens with one attached hydrogen (secondary N) is 1. The summed E-state index contributed by atoms with van der Waals surface area (Å²) in [7, 11) is 5.79. The Morgan fingerprint density at radius 2 is 1.92 bits per heavy atom. The maximum atomic E-state index is 5.90. The quantitative estimate of drug-likeness (QED) is 0.890. The molecule has 1 saturated heterocycles. The van der Waals surface area contributed by atoms with Crippen molar-refractivity contribution in [3.8, 4) is 11.5 Å². The van der Waals surface area contributed by atoms with Crippen LogP contribution in [-0.2, 0) is 19.5 Å². The topological polar surface area (TPSA) is 37.0 Å². The second-order valence-corrected chi connectivity index (χ2v) is 6.94. The van der Waals surface area contributed by atoms with Gasteiger partial charge in [-0.05, 0) is 26.0 Å². The average Bonchev–Trinajstić information content (AvgIpc) is 2.61. The Kier molecular flexibility index (Phi) is 5.64. The molecule has 0 radical (unpaired) electrons. The normalized spacial score (nSPS) is 22.2. The molecule has 5 heteroatoms. The minimum Gasteiger partial charge on any atom is -0.496 e. The van der Waals surface area contributed by atoms with Gasteiger partial charge in [-0.3, -0.25) is 9.80 Å². The molecule has 0 bridgehead atoms. The maximum absolute atomic E-state index is 5.90. The van der Waals surface area contributed by atoms with Gasteiger partial charge >= 0.3 is 0 Å². The number of hydrogen-bond acceptors (Lipinski definition) is 5. The van der Waals surface area contributed by atoms with Crippen LogP contribution in [-0.4, -0.2) is 63.3 Å². The minimum atomic E-state index is 0.575. The molecule has 134 valence electrons. The number of fused-ring (bicyclic) bond motifs is 1. The van der Waals surface area contributed by atoms with Crippen LogP contribution in [0.4, 0.5) is 0 Å². The third-order valence-electron chi connectivity index (χ3n) is 5.50. The predicted molar refractivity (Wildman–Crippen MR) is 96.9 cm³/mol. The van der Waals surface area contributed by atoms with Crippen molar-refractivity contribution in [3.05, 3.63) is 22.8 Å². The summed E-state index contributed by atoms with van der Waals surface area (Å²) in [5, 5.41) is 3.42. The number of ether oxygens (including phenoxy) is 2. The van der Waals surface area contributed by atoms with Gasteiger partial charge < -0.3 is 14.8 Å². The van der Waals surface area contributed by atoms with Crippen LogP contribution < -0.4 is 14.8 Å². The highest BCUT2D eigenvalue weighted by molar-refractivity contribution is 5.55. The SMILES string of the molecule is CCC1Cc2c(c(OC)cc(CN3CCNCC3)c2OC)CN1C.